The van der Waals surface area contributed by atoms with Crippen LogP contribution in [0, 0.1) is 5.92 Å². The molecule has 0 fully saturated rings. The van der Waals surface area contributed by atoms with Gasteiger partial charge < -0.3 is 9.88 Å². The van der Waals surface area contributed by atoms with Crippen LogP contribution in [0.1, 0.15) is 30.3 Å². The SMILES string of the molecule is CC(C)C(NCc1ccn(C)c1)c1cccs1. The summed E-state index contributed by atoms with van der Waals surface area (Å²) < 4.78 is 2.09. The van der Waals surface area contributed by atoms with E-state index >= 15 is 0 Å². The van der Waals surface area contributed by atoms with Crippen LogP contribution in [0.5, 0.6) is 0 Å². The molecule has 17 heavy (non-hydrogen) atoms. The molecule has 0 aromatic carbocycles. The van der Waals surface area contributed by atoms with E-state index in [1.807, 2.05) is 11.3 Å². The highest BCUT2D eigenvalue weighted by Crippen LogP contribution is 2.26. The number of nitrogens with one attached hydrogen (secondary N) is 1. The number of rotatable bonds is 5. The Labute approximate surface area is 107 Å². The quantitative estimate of drug-likeness (QED) is 0.856. The van der Waals surface area contributed by atoms with Gasteiger partial charge in [-0.2, -0.15) is 0 Å². The molecule has 0 aliphatic carbocycles. The zero-order chi connectivity index (χ0) is 12.3. The van der Waals surface area contributed by atoms with E-state index < -0.39 is 0 Å². The molecule has 1 atom stereocenters. The maximum atomic E-state index is 3.65. The van der Waals surface area contributed by atoms with Crippen molar-refractivity contribution in [1.29, 1.82) is 0 Å². The third-order valence-corrected chi connectivity index (χ3v) is 3.89. The number of aryl methyl sites for hydroxylation is 1. The molecule has 0 aliphatic heterocycles. The zero-order valence-corrected chi connectivity index (χ0v) is 11.5. The first-order valence-electron chi connectivity index (χ1n) is 6.04. The van der Waals surface area contributed by atoms with Crippen molar-refractivity contribution in [3.8, 4) is 0 Å². The number of nitrogens with zero attached hydrogens (tertiary/aromatic N) is 1. The predicted molar refractivity (Wildman–Crippen MR) is 74.2 cm³/mol. The summed E-state index contributed by atoms with van der Waals surface area (Å²) in [7, 11) is 2.06. The fourth-order valence-electron chi connectivity index (χ4n) is 2.03. The van der Waals surface area contributed by atoms with Gasteiger partial charge in [0, 0.05) is 36.9 Å². The Morgan fingerprint density at radius 3 is 2.71 bits per heavy atom. The molecule has 0 saturated heterocycles. The molecular formula is C14H20N2S. The van der Waals surface area contributed by atoms with E-state index in [1.165, 1.54) is 10.4 Å². The van der Waals surface area contributed by atoms with Gasteiger partial charge in [0.05, 0.1) is 0 Å². The molecule has 2 rings (SSSR count). The molecule has 2 aromatic heterocycles. The molecular weight excluding hydrogens is 228 g/mol. The molecule has 0 radical (unpaired) electrons. The molecule has 2 nitrogen and oxygen atoms in total. The van der Waals surface area contributed by atoms with Crippen molar-refractivity contribution in [2.24, 2.45) is 13.0 Å². The van der Waals surface area contributed by atoms with Crippen molar-refractivity contribution >= 4 is 11.3 Å². The largest absolute Gasteiger partial charge is 0.357 e. The molecule has 0 spiro atoms. The van der Waals surface area contributed by atoms with Crippen molar-refractivity contribution in [3.63, 3.8) is 0 Å². The van der Waals surface area contributed by atoms with Crippen molar-refractivity contribution in [1.82, 2.24) is 9.88 Å². The Bertz CT molecular complexity index is 442. The summed E-state index contributed by atoms with van der Waals surface area (Å²) >= 11 is 1.83. The molecule has 92 valence electrons. The second-order valence-electron chi connectivity index (χ2n) is 4.80. The standard InChI is InChI=1S/C14H20N2S/c1-11(2)14(13-5-4-8-17-13)15-9-12-6-7-16(3)10-12/h4-8,10-11,14-15H,9H2,1-3H3. The summed E-state index contributed by atoms with van der Waals surface area (Å²) in [5.41, 5.74) is 1.34. The lowest BCUT2D eigenvalue weighted by Gasteiger charge is -2.21. The predicted octanol–water partition coefficient (Wildman–Crippen LogP) is 3.57. The third kappa shape index (κ3) is 3.20. The monoisotopic (exact) mass is 248 g/mol. The van der Waals surface area contributed by atoms with Gasteiger partial charge >= 0.3 is 0 Å². The Hall–Kier alpha value is -1.06. The van der Waals surface area contributed by atoms with Crippen LogP contribution >= 0.6 is 11.3 Å². The van der Waals surface area contributed by atoms with Crippen molar-refractivity contribution in [3.05, 3.63) is 46.4 Å². The maximum Gasteiger partial charge on any atom is 0.0440 e. The first-order valence-corrected chi connectivity index (χ1v) is 6.92. The van der Waals surface area contributed by atoms with Gasteiger partial charge in [-0.25, -0.2) is 0 Å². The van der Waals surface area contributed by atoms with Gasteiger partial charge in [0.25, 0.3) is 0 Å². The van der Waals surface area contributed by atoms with Gasteiger partial charge in [-0.05, 0) is 29.0 Å². The molecule has 2 aromatic rings. The Morgan fingerprint density at radius 1 is 1.35 bits per heavy atom. The van der Waals surface area contributed by atoms with Crippen LogP contribution in [0.15, 0.2) is 36.0 Å². The number of aromatic nitrogens is 1. The van der Waals surface area contributed by atoms with Gasteiger partial charge in [-0.15, -0.1) is 11.3 Å². The highest BCUT2D eigenvalue weighted by molar-refractivity contribution is 7.10. The van der Waals surface area contributed by atoms with E-state index in [0.29, 0.717) is 12.0 Å². The van der Waals surface area contributed by atoms with E-state index in [9.17, 15) is 0 Å². The zero-order valence-electron chi connectivity index (χ0n) is 10.7. The van der Waals surface area contributed by atoms with Crippen molar-refractivity contribution < 1.29 is 0 Å². The second kappa shape index (κ2) is 5.52. The number of hydrogen-bond donors (Lipinski definition) is 1. The lowest BCUT2D eigenvalue weighted by Crippen LogP contribution is -2.24. The van der Waals surface area contributed by atoms with Gasteiger partial charge in [-0.1, -0.05) is 19.9 Å². The topological polar surface area (TPSA) is 17.0 Å². The van der Waals surface area contributed by atoms with Crippen LogP contribution in [0.2, 0.25) is 0 Å². The summed E-state index contributed by atoms with van der Waals surface area (Å²) in [4.78, 5) is 1.43. The molecule has 0 saturated carbocycles. The minimum atomic E-state index is 0.454. The molecule has 0 aliphatic rings. The Morgan fingerprint density at radius 2 is 2.18 bits per heavy atom. The Balaban J connectivity index is 1.99. The minimum absolute atomic E-state index is 0.454. The fraction of sp³-hybridized carbons (Fsp3) is 0.429. The molecule has 3 heteroatoms. The summed E-state index contributed by atoms with van der Waals surface area (Å²) in [6.45, 7) is 5.46. The number of thiophene rings is 1. The third-order valence-electron chi connectivity index (χ3n) is 2.94. The smallest absolute Gasteiger partial charge is 0.0440 e. The van der Waals surface area contributed by atoms with Gasteiger partial charge in [0.2, 0.25) is 0 Å². The highest BCUT2D eigenvalue weighted by atomic mass is 32.1. The summed E-state index contributed by atoms with van der Waals surface area (Å²) in [6.07, 6.45) is 4.26. The van der Waals surface area contributed by atoms with E-state index in [2.05, 4.69) is 66.8 Å². The molecule has 1 unspecified atom stereocenters. The summed E-state index contributed by atoms with van der Waals surface area (Å²) in [5.74, 6) is 0.609. The van der Waals surface area contributed by atoms with Crippen LogP contribution < -0.4 is 5.32 Å². The maximum absolute atomic E-state index is 3.65. The second-order valence-corrected chi connectivity index (χ2v) is 5.78. The molecule has 1 N–H and O–H groups in total. The minimum Gasteiger partial charge on any atom is -0.357 e. The van der Waals surface area contributed by atoms with Crippen LogP contribution in [0.3, 0.4) is 0 Å². The van der Waals surface area contributed by atoms with Gasteiger partial charge in [0.1, 0.15) is 0 Å². The first kappa shape index (κ1) is 12.4. The van der Waals surface area contributed by atoms with Crippen LogP contribution in [0.25, 0.3) is 0 Å². The van der Waals surface area contributed by atoms with Crippen LogP contribution in [0.4, 0.5) is 0 Å². The number of hydrogen-bond acceptors (Lipinski definition) is 2. The molecule has 2 heterocycles. The fourth-order valence-corrected chi connectivity index (χ4v) is 3.00. The summed E-state index contributed by atoms with van der Waals surface area (Å²) in [6, 6.07) is 6.96. The lowest BCUT2D eigenvalue weighted by atomic mass is 10.0. The van der Waals surface area contributed by atoms with Crippen LogP contribution in [-0.2, 0) is 13.6 Å². The average molecular weight is 248 g/mol. The first-order chi connectivity index (χ1) is 8.16. The van der Waals surface area contributed by atoms with E-state index in [4.69, 9.17) is 0 Å². The normalized spacial score (nSPS) is 13.2. The van der Waals surface area contributed by atoms with Gasteiger partial charge in [-0.3, -0.25) is 0 Å². The van der Waals surface area contributed by atoms with Crippen molar-refractivity contribution in [2.75, 3.05) is 0 Å². The summed E-state index contributed by atoms with van der Waals surface area (Å²) in [5, 5.41) is 5.80. The van der Waals surface area contributed by atoms with E-state index in [0.717, 1.165) is 6.54 Å². The molecule has 0 amide bonds. The Kier molecular flexibility index (Phi) is 4.02. The van der Waals surface area contributed by atoms with Crippen molar-refractivity contribution in [2.45, 2.75) is 26.4 Å². The highest BCUT2D eigenvalue weighted by Gasteiger charge is 2.15. The lowest BCUT2D eigenvalue weighted by molar-refractivity contribution is 0.416. The van der Waals surface area contributed by atoms with Crippen LogP contribution in [-0.4, -0.2) is 4.57 Å². The molecule has 0 bridgehead atoms. The average Bonchev–Trinajstić information content (AvgIpc) is 2.90. The van der Waals surface area contributed by atoms with Gasteiger partial charge in [0.15, 0.2) is 0 Å². The van der Waals surface area contributed by atoms with E-state index in [1.54, 1.807) is 0 Å². The van der Waals surface area contributed by atoms with E-state index in [-0.39, 0.29) is 0 Å².